The first-order valence-electron chi connectivity index (χ1n) is 8.53. The van der Waals surface area contributed by atoms with Crippen molar-refractivity contribution < 1.29 is 14.0 Å². The third kappa shape index (κ3) is 4.20. The van der Waals surface area contributed by atoms with Gasteiger partial charge in [-0.15, -0.1) is 0 Å². The zero-order valence-corrected chi connectivity index (χ0v) is 13.6. The molecule has 6 heteroatoms. The SMILES string of the molecule is CCc1nc(CN2CCCCCC2CC(O)c2ccco2)no1. The van der Waals surface area contributed by atoms with E-state index in [1.54, 1.807) is 6.26 Å². The Balaban J connectivity index is 1.66. The third-order valence-electron chi connectivity index (χ3n) is 4.52. The zero-order valence-electron chi connectivity index (χ0n) is 13.6. The van der Waals surface area contributed by atoms with Crippen molar-refractivity contribution in [1.82, 2.24) is 15.0 Å². The van der Waals surface area contributed by atoms with E-state index in [1.165, 1.54) is 19.3 Å². The standard InChI is InChI=1S/C17H25N3O3/c1-2-17-18-16(19-23-17)12-20-9-5-3-4-7-13(20)11-14(21)15-8-6-10-22-15/h6,8,10,13-14,21H,2-5,7,9,11-12H2,1H3. The summed E-state index contributed by atoms with van der Waals surface area (Å²) in [4.78, 5) is 6.79. The van der Waals surface area contributed by atoms with Crippen molar-refractivity contribution in [3.8, 4) is 0 Å². The molecule has 1 aliphatic heterocycles. The van der Waals surface area contributed by atoms with Gasteiger partial charge >= 0.3 is 0 Å². The van der Waals surface area contributed by atoms with Crippen molar-refractivity contribution in [2.24, 2.45) is 0 Å². The summed E-state index contributed by atoms with van der Waals surface area (Å²) in [5, 5.41) is 14.5. The molecule has 6 nitrogen and oxygen atoms in total. The molecule has 1 fully saturated rings. The Morgan fingerprint density at radius 2 is 2.30 bits per heavy atom. The highest BCUT2D eigenvalue weighted by atomic mass is 16.5. The van der Waals surface area contributed by atoms with Crippen LogP contribution >= 0.6 is 0 Å². The van der Waals surface area contributed by atoms with E-state index in [0.29, 0.717) is 30.7 Å². The van der Waals surface area contributed by atoms with Gasteiger partial charge in [0.25, 0.3) is 0 Å². The maximum Gasteiger partial charge on any atom is 0.226 e. The second-order valence-electron chi connectivity index (χ2n) is 6.20. The predicted molar refractivity (Wildman–Crippen MR) is 84.6 cm³/mol. The van der Waals surface area contributed by atoms with Crippen molar-refractivity contribution in [1.29, 1.82) is 0 Å². The maximum absolute atomic E-state index is 10.4. The molecule has 2 unspecified atom stereocenters. The summed E-state index contributed by atoms with van der Waals surface area (Å²) < 4.78 is 10.5. The van der Waals surface area contributed by atoms with Gasteiger partial charge in [-0.3, -0.25) is 4.90 Å². The molecular weight excluding hydrogens is 294 g/mol. The van der Waals surface area contributed by atoms with Crippen LogP contribution in [-0.2, 0) is 13.0 Å². The van der Waals surface area contributed by atoms with Crippen LogP contribution in [0.5, 0.6) is 0 Å². The van der Waals surface area contributed by atoms with Crippen LogP contribution in [0.15, 0.2) is 27.3 Å². The van der Waals surface area contributed by atoms with Gasteiger partial charge in [0.1, 0.15) is 11.9 Å². The maximum atomic E-state index is 10.4. The first-order valence-corrected chi connectivity index (χ1v) is 8.53. The molecule has 0 spiro atoms. The normalized spacial score (nSPS) is 21.2. The highest BCUT2D eigenvalue weighted by molar-refractivity contribution is 5.02. The summed E-state index contributed by atoms with van der Waals surface area (Å²) in [6.07, 6.45) is 7.15. The van der Waals surface area contributed by atoms with E-state index in [0.717, 1.165) is 25.2 Å². The molecule has 2 atom stereocenters. The Morgan fingerprint density at radius 3 is 3.04 bits per heavy atom. The summed E-state index contributed by atoms with van der Waals surface area (Å²) in [5.74, 6) is 2.06. The Labute approximate surface area is 136 Å². The molecule has 0 bridgehead atoms. The van der Waals surface area contributed by atoms with Gasteiger partial charge in [0.05, 0.1) is 12.8 Å². The van der Waals surface area contributed by atoms with E-state index in [-0.39, 0.29) is 0 Å². The topological polar surface area (TPSA) is 75.5 Å². The number of furan rings is 1. The molecule has 0 amide bonds. The van der Waals surface area contributed by atoms with Crippen LogP contribution in [0, 0.1) is 0 Å². The largest absolute Gasteiger partial charge is 0.467 e. The molecule has 0 saturated carbocycles. The quantitative estimate of drug-likeness (QED) is 0.882. The number of aliphatic hydroxyl groups excluding tert-OH is 1. The summed E-state index contributed by atoms with van der Waals surface area (Å²) in [6.45, 7) is 3.69. The Kier molecular flexibility index (Phi) is 5.46. The van der Waals surface area contributed by atoms with E-state index in [9.17, 15) is 5.11 Å². The van der Waals surface area contributed by atoms with Crippen molar-refractivity contribution in [2.45, 2.75) is 64.1 Å². The number of aryl methyl sites for hydroxylation is 1. The van der Waals surface area contributed by atoms with Gasteiger partial charge in [-0.2, -0.15) is 4.98 Å². The summed E-state index contributed by atoms with van der Waals surface area (Å²) in [5.41, 5.74) is 0. The lowest BCUT2D eigenvalue weighted by Gasteiger charge is -2.30. The fourth-order valence-electron chi connectivity index (χ4n) is 3.25. The fourth-order valence-corrected chi connectivity index (χ4v) is 3.25. The second-order valence-corrected chi connectivity index (χ2v) is 6.20. The molecule has 2 aromatic heterocycles. The molecule has 1 N–H and O–H groups in total. The molecule has 1 saturated heterocycles. The van der Waals surface area contributed by atoms with Crippen molar-refractivity contribution in [3.63, 3.8) is 0 Å². The average Bonchev–Trinajstić information content (AvgIpc) is 3.19. The first kappa shape index (κ1) is 16.2. The average molecular weight is 319 g/mol. The lowest BCUT2D eigenvalue weighted by molar-refractivity contribution is 0.0815. The third-order valence-corrected chi connectivity index (χ3v) is 4.52. The van der Waals surface area contributed by atoms with Crippen molar-refractivity contribution in [3.05, 3.63) is 35.9 Å². The van der Waals surface area contributed by atoms with Gasteiger partial charge in [0, 0.05) is 12.5 Å². The number of aliphatic hydroxyl groups is 1. The Bertz CT molecular complexity index is 582. The predicted octanol–water partition coefficient (Wildman–Crippen LogP) is 3.09. The van der Waals surface area contributed by atoms with E-state index in [1.807, 2.05) is 19.1 Å². The lowest BCUT2D eigenvalue weighted by Crippen LogP contribution is -2.36. The zero-order chi connectivity index (χ0) is 16.1. The molecule has 0 aromatic carbocycles. The molecule has 3 rings (SSSR count). The highest BCUT2D eigenvalue weighted by Crippen LogP contribution is 2.27. The molecule has 0 aliphatic carbocycles. The molecular formula is C17H25N3O3. The summed E-state index contributed by atoms with van der Waals surface area (Å²) >= 11 is 0. The molecule has 3 heterocycles. The van der Waals surface area contributed by atoms with Gasteiger partial charge in [-0.05, 0) is 37.9 Å². The second kappa shape index (κ2) is 7.75. The van der Waals surface area contributed by atoms with E-state index >= 15 is 0 Å². The number of aromatic nitrogens is 2. The van der Waals surface area contributed by atoms with Crippen molar-refractivity contribution >= 4 is 0 Å². The van der Waals surface area contributed by atoms with Crippen LogP contribution in [0.4, 0.5) is 0 Å². The number of nitrogens with zero attached hydrogens (tertiary/aromatic N) is 3. The van der Waals surface area contributed by atoms with Gasteiger partial charge in [-0.25, -0.2) is 0 Å². The molecule has 2 aromatic rings. The van der Waals surface area contributed by atoms with Crippen molar-refractivity contribution in [2.75, 3.05) is 6.54 Å². The summed E-state index contributed by atoms with van der Waals surface area (Å²) in [6, 6.07) is 3.95. The fraction of sp³-hybridized carbons (Fsp3) is 0.647. The monoisotopic (exact) mass is 319 g/mol. The minimum absolute atomic E-state index is 0.307. The van der Waals surface area contributed by atoms with Crippen LogP contribution in [0.2, 0.25) is 0 Å². The lowest BCUT2D eigenvalue weighted by atomic mass is 10.0. The molecule has 23 heavy (non-hydrogen) atoms. The summed E-state index contributed by atoms with van der Waals surface area (Å²) in [7, 11) is 0. The number of rotatable bonds is 6. The Morgan fingerprint density at radius 1 is 1.39 bits per heavy atom. The molecule has 126 valence electrons. The minimum atomic E-state index is -0.563. The first-order chi connectivity index (χ1) is 11.3. The molecule has 0 radical (unpaired) electrons. The van der Waals surface area contributed by atoms with Crippen LogP contribution in [-0.4, -0.2) is 32.7 Å². The van der Waals surface area contributed by atoms with Crippen LogP contribution in [0.1, 0.15) is 62.6 Å². The molecule has 1 aliphatic rings. The Hall–Kier alpha value is -1.66. The van der Waals surface area contributed by atoms with E-state index < -0.39 is 6.10 Å². The van der Waals surface area contributed by atoms with Crippen LogP contribution < -0.4 is 0 Å². The van der Waals surface area contributed by atoms with Crippen LogP contribution in [0.25, 0.3) is 0 Å². The van der Waals surface area contributed by atoms with Gasteiger partial charge in [-0.1, -0.05) is 24.9 Å². The smallest absolute Gasteiger partial charge is 0.226 e. The van der Waals surface area contributed by atoms with Gasteiger partial charge < -0.3 is 14.0 Å². The van der Waals surface area contributed by atoms with E-state index in [4.69, 9.17) is 8.94 Å². The minimum Gasteiger partial charge on any atom is -0.467 e. The van der Waals surface area contributed by atoms with Gasteiger partial charge in [0.2, 0.25) is 5.89 Å². The van der Waals surface area contributed by atoms with E-state index in [2.05, 4.69) is 15.0 Å². The highest BCUT2D eigenvalue weighted by Gasteiger charge is 2.26. The number of likely N-dealkylation sites (tertiary alicyclic amines) is 1. The number of hydrogen-bond acceptors (Lipinski definition) is 6. The van der Waals surface area contributed by atoms with Gasteiger partial charge in [0.15, 0.2) is 5.82 Å². The number of hydrogen-bond donors (Lipinski definition) is 1. The van der Waals surface area contributed by atoms with Crippen LogP contribution in [0.3, 0.4) is 0 Å².